The van der Waals surface area contributed by atoms with Gasteiger partial charge >= 0.3 is 23.9 Å². The molecule has 1 aromatic rings. The number of aliphatic hydroxyl groups is 1. The second-order valence-electron chi connectivity index (χ2n) is 16.8. The lowest BCUT2D eigenvalue weighted by Crippen LogP contribution is -2.65. The average molecular weight is 707 g/mol. The Labute approximate surface area is 303 Å². The van der Waals surface area contributed by atoms with Gasteiger partial charge in [-0.15, -0.1) is 0 Å². The van der Waals surface area contributed by atoms with Crippen LogP contribution in [0.3, 0.4) is 0 Å². The number of allylic oxidation sites excluding steroid dienone is 2. The van der Waals surface area contributed by atoms with Crippen LogP contribution in [-0.2, 0) is 40.0 Å². The number of aliphatic hydroxyl groups excluding tert-OH is 1. The summed E-state index contributed by atoms with van der Waals surface area (Å²) in [7, 11) is 0. The molecule has 1 aromatic carbocycles. The lowest BCUT2D eigenvalue weighted by molar-refractivity contribution is -0.236. The summed E-state index contributed by atoms with van der Waals surface area (Å²) in [6, 6.07) is 9.59. The monoisotopic (exact) mass is 706 g/mol. The van der Waals surface area contributed by atoms with Gasteiger partial charge in [-0.2, -0.15) is 0 Å². The fourth-order valence-corrected chi connectivity index (χ4v) is 11.2. The highest BCUT2D eigenvalue weighted by Crippen LogP contribution is 2.74. The molecule has 0 radical (unpaired) electrons. The molecule has 0 heterocycles. The molecule has 0 unspecified atom stereocenters. The van der Waals surface area contributed by atoms with Gasteiger partial charge in [0.25, 0.3) is 0 Å². The van der Waals surface area contributed by atoms with Crippen molar-refractivity contribution in [1.82, 2.24) is 0 Å². The molecule has 10 atom stereocenters. The Kier molecular flexibility index (Phi) is 11.6. The fourth-order valence-electron chi connectivity index (χ4n) is 11.2. The van der Waals surface area contributed by atoms with Gasteiger partial charge in [-0.3, -0.25) is 14.4 Å². The maximum Gasteiger partial charge on any atom is 0.334 e. The van der Waals surface area contributed by atoms with Crippen LogP contribution in [0.25, 0.3) is 0 Å². The summed E-state index contributed by atoms with van der Waals surface area (Å²) in [5.41, 5.74) is 2.43. The summed E-state index contributed by atoms with van der Waals surface area (Å²) in [5.74, 6) is -2.30. The number of carboxylic acid groups (broad SMARTS) is 1. The SMILES string of the molecule is CC(=O)O[C@H]1C[C@@]2(C)[C@@H](C[C@@H](O)[C@H]3[C@@]4(C)CC[C@@H](OC(=O)CCC(=O)O)[C@@H](C)[C@@H]4CC[C@@]32C)/C1=C(\CCC=C(C)C)C(=O)OCc1ccccc1. The minimum Gasteiger partial charge on any atom is -0.481 e. The van der Waals surface area contributed by atoms with Crippen molar-refractivity contribution in [1.29, 1.82) is 0 Å². The number of carbonyl (C=O) groups excluding carboxylic acids is 3. The lowest BCUT2D eigenvalue weighted by atomic mass is 9.36. The van der Waals surface area contributed by atoms with Crippen LogP contribution in [0.4, 0.5) is 0 Å². The lowest BCUT2D eigenvalue weighted by Gasteiger charge is -2.69. The molecule has 0 saturated heterocycles. The van der Waals surface area contributed by atoms with E-state index < -0.39 is 36.1 Å². The molecule has 4 aliphatic rings. The Morgan fingerprint density at radius 3 is 2.27 bits per heavy atom. The van der Waals surface area contributed by atoms with Crippen molar-refractivity contribution in [2.45, 2.75) is 138 Å². The second kappa shape index (κ2) is 15.3. The first-order chi connectivity index (χ1) is 24.0. The van der Waals surface area contributed by atoms with Crippen LogP contribution in [-0.4, -0.2) is 52.4 Å². The van der Waals surface area contributed by atoms with E-state index in [1.807, 2.05) is 44.2 Å². The first-order valence-corrected chi connectivity index (χ1v) is 18.9. The van der Waals surface area contributed by atoms with Crippen LogP contribution < -0.4 is 0 Å². The molecule has 51 heavy (non-hydrogen) atoms. The highest BCUT2D eigenvalue weighted by Gasteiger charge is 2.71. The predicted molar refractivity (Wildman–Crippen MR) is 192 cm³/mol. The van der Waals surface area contributed by atoms with Crippen LogP contribution in [0.1, 0.15) is 118 Å². The summed E-state index contributed by atoms with van der Waals surface area (Å²) >= 11 is 0. The van der Waals surface area contributed by atoms with Crippen molar-refractivity contribution in [2.24, 2.45) is 39.9 Å². The number of rotatable bonds is 11. The number of benzene rings is 1. The van der Waals surface area contributed by atoms with Crippen molar-refractivity contribution in [3.8, 4) is 0 Å². The van der Waals surface area contributed by atoms with E-state index in [2.05, 4.69) is 33.8 Å². The van der Waals surface area contributed by atoms with Crippen molar-refractivity contribution < 1.29 is 43.6 Å². The van der Waals surface area contributed by atoms with E-state index in [1.54, 1.807) is 0 Å². The third-order valence-corrected chi connectivity index (χ3v) is 13.6. The van der Waals surface area contributed by atoms with Crippen LogP contribution in [0.2, 0.25) is 0 Å². The van der Waals surface area contributed by atoms with Gasteiger partial charge in [0, 0.05) is 12.5 Å². The Morgan fingerprint density at radius 2 is 1.63 bits per heavy atom. The van der Waals surface area contributed by atoms with Crippen LogP contribution in [0, 0.1) is 39.9 Å². The number of hydrogen-bond acceptors (Lipinski definition) is 8. The first kappa shape index (κ1) is 38.8. The summed E-state index contributed by atoms with van der Waals surface area (Å²) in [6.07, 6.45) is 5.38. The molecule has 0 aromatic heterocycles. The fraction of sp³-hybridized carbons (Fsp3) is 0.667. The van der Waals surface area contributed by atoms with Gasteiger partial charge in [-0.1, -0.05) is 69.7 Å². The second-order valence-corrected chi connectivity index (χ2v) is 16.8. The Bertz CT molecular complexity index is 1540. The van der Waals surface area contributed by atoms with Gasteiger partial charge in [0.1, 0.15) is 18.8 Å². The maximum absolute atomic E-state index is 14.1. The van der Waals surface area contributed by atoms with E-state index in [0.29, 0.717) is 37.7 Å². The van der Waals surface area contributed by atoms with Crippen molar-refractivity contribution in [2.75, 3.05) is 0 Å². The third-order valence-electron chi connectivity index (χ3n) is 13.6. The van der Waals surface area contributed by atoms with Crippen molar-refractivity contribution >= 4 is 23.9 Å². The molecule has 0 amide bonds. The van der Waals surface area contributed by atoms with E-state index >= 15 is 0 Å². The van der Waals surface area contributed by atoms with Gasteiger partial charge in [0.05, 0.1) is 18.9 Å². The quantitative estimate of drug-likeness (QED) is 0.102. The predicted octanol–water partition coefficient (Wildman–Crippen LogP) is 7.74. The Balaban J connectivity index is 1.50. The number of ether oxygens (including phenoxy) is 3. The zero-order valence-electron chi connectivity index (χ0n) is 31.5. The number of fused-ring (bicyclic) bond motifs is 5. The van der Waals surface area contributed by atoms with E-state index in [0.717, 1.165) is 36.0 Å². The van der Waals surface area contributed by atoms with Crippen LogP contribution in [0.5, 0.6) is 0 Å². The molecule has 9 heteroatoms. The number of carbonyl (C=O) groups is 4. The van der Waals surface area contributed by atoms with E-state index in [4.69, 9.17) is 19.3 Å². The number of carboxylic acids is 1. The molecule has 280 valence electrons. The van der Waals surface area contributed by atoms with Gasteiger partial charge in [0.2, 0.25) is 0 Å². The molecule has 0 bridgehead atoms. The Morgan fingerprint density at radius 1 is 0.922 bits per heavy atom. The molecule has 4 aliphatic carbocycles. The van der Waals surface area contributed by atoms with Crippen LogP contribution in [0.15, 0.2) is 53.1 Å². The smallest absolute Gasteiger partial charge is 0.334 e. The summed E-state index contributed by atoms with van der Waals surface area (Å²) in [6.45, 7) is 14.6. The van der Waals surface area contributed by atoms with Crippen molar-refractivity contribution in [3.05, 3.63) is 58.7 Å². The van der Waals surface area contributed by atoms with Crippen molar-refractivity contribution in [3.63, 3.8) is 0 Å². The van der Waals surface area contributed by atoms with E-state index in [-0.39, 0.29) is 65.5 Å². The summed E-state index contributed by atoms with van der Waals surface area (Å²) in [4.78, 5) is 50.4. The molecule has 5 rings (SSSR count). The highest BCUT2D eigenvalue weighted by atomic mass is 16.6. The molecular weight excluding hydrogens is 648 g/mol. The minimum atomic E-state index is -1.02. The van der Waals surface area contributed by atoms with Crippen LogP contribution >= 0.6 is 0 Å². The maximum atomic E-state index is 14.1. The number of hydrogen-bond donors (Lipinski definition) is 2. The first-order valence-electron chi connectivity index (χ1n) is 18.9. The average Bonchev–Trinajstić information content (AvgIpc) is 3.33. The largest absolute Gasteiger partial charge is 0.481 e. The molecule has 4 saturated carbocycles. The van der Waals surface area contributed by atoms with E-state index in [1.165, 1.54) is 6.92 Å². The zero-order valence-corrected chi connectivity index (χ0v) is 31.5. The third kappa shape index (κ3) is 7.56. The van der Waals surface area contributed by atoms with Gasteiger partial charge < -0.3 is 24.4 Å². The minimum absolute atomic E-state index is 0.0497. The zero-order chi connectivity index (χ0) is 37.3. The standard InChI is InChI=1S/C42H58O9/c1-25(2)12-11-15-29(39(48)49-24-28-13-9-8-10-14-28)37-31-22-32(44)38-40(5)20-19-33(51-36(47)17-16-35(45)46)26(3)30(40)18-21-41(38,6)42(31,7)23-34(37)50-27(4)43/h8-10,12-14,26,30-34,38,44H,11,15-24H2,1-7H3,(H,45,46)/b37-29-/t26-,30-,31-,32+,33+,34-,38-,40-,41-,42-/m0/s1. The number of aliphatic carboxylic acids is 1. The van der Waals surface area contributed by atoms with Gasteiger partial charge in [-0.05, 0) is 116 Å². The topological polar surface area (TPSA) is 136 Å². The van der Waals surface area contributed by atoms with Gasteiger partial charge in [-0.25, -0.2) is 4.79 Å². The molecule has 4 fully saturated rings. The van der Waals surface area contributed by atoms with Gasteiger partial charge in [0.15, 0.2) is 0 Å². The molecule has 2 N–H and O–H groups in total. The number of esters is 3. The summed E-state index contributed by atoms with van der Waals surface area (Å²) < 4.78 is 17.9. The molecule has 0 spiro atoms. The normalized spacial score (nSPS) is 36.4. The molecule has 0 aliphatic heterocycles. The Hall–Kier alpha value is -3.46. The molecular formula is C42H58O9. The van der Waals surface area contributed by atoms with E-state index in [9.17, 15) is 24.3 Å². The molecule has 9 nitrogen and oxygen atoms in total. The highest BCUT2D eigenvalue weighted by molar-refractivity contribution is 5.90. The summed E-state index contributed by atoms with van der Waals surface area (Å²) in [5, 5.41) is 21.4.